The van der Waals surface area contributed by atoms with Gasteiger partial charge in [0.1, 0.15) is 13.2 Å². The Kier molecular flexibility index (Phi) is 5.39. The molecule has 1 saturated heterocycles. The maximum atomic E-state index is 12.7. The van der Waals surface area contributed by atoms with E-state index in [-0.39, 0.29) is 12.1 Å². The van der Waals surface area contributed by atoms with Crippen LogP contribution in [0.4, 0.5) is 4.79 Å². The van der Waals surface area contributed by atoms with Crippen molar-refractivity contribution in [3.05, 3.63) is 58.6 Å². The molecule has 1 unspecified atom stereocenters. The monoisotopic (exact) mass is 386 g/mol. The van der Waals surface area contributed by atoms with Crippen LogP contribution in [-0.2, 0) is 6.42 Å². The van der Waals surface area contributed by atoms with Crippen molar-refractivity contribution in [2.45, 2.75) is 25.3 Å². The van der Waals surface area contributed by atoms with Gasteiger partial charge in [0.15, 0.2) is 11.5 Å². The van der Waals surface area contributed by atoms with Crippen LogP contribution in [-0.4, -0.2) is 37.2 Å². The standard InChI is InChI=1S/C21H23ClN2O3/c22-17-4-1-3-15(13-17)8-9-23-21(25)24-10-2-5-18(24)16-6-7-19-20(14-16)27-12-11-26-19/h1,3-4,6-7,13-14,18H,2,5,8-12H2,(H,23,25). The van der Waals surface area contributed by atoms with Gasteiger partial charge in [0, 0.05) is 18.1 Å². The lowest BCUT2D eigenvalue weighted by molar-refractivity contribution is 0.170. The molecule has 2 aromatic rings. The van der Waals surface area contributed by atoms with Gasteiger partial charge in [0.05, 0.1) is 6.04 Å². The molecule has 0 saturated carbocycles. The number of urea groups is 1. The minimum Gasteiger partial charge on any atom is -0.486 e. The fourth-order valence-corrected chi connectivity index (χ4v) is 3.94. The fraction of sp³-hybridized carbons (Fsp3) is 0.381. The Bertz CT molecular complexity index is 827. The number of benzene rings is 2. The summed E-state index contributed by atoms with van der Waals surface area (Å²) >= 11 is 6.01. The van der Waals surface area contributed by atoms with Gasteiger partial charge in [-0.1, -0.05) is 29.8 Å². The number of rotatable bonds is 4. The molecule has 0 aliphatic carbocycles. The number of hydrogen-bond donors (Lipinski definition) is 1. The molecule has 0 spiro atoms. The average Bonchev–Trinajstić information content (AvgIpc) is 3.17. The van der Waals surface area contributed by atoms with Gasteiger partial charge in [-0.2, -0.15) is 0 Å². The lowest BCUT2D eigenvalue weighted by atomic mass is 10.0. The van der Waals surface area contributed by atoms with Crippen LogP contribution < -0.4 is 14.8 Å². The Morgan fingerprint density at radius 2 is 2.00 bits per heavy atom. The molecule has 1 fully saturated rings. The summed E-state index contributed by atoms with van der Waals surface area (Å²) in [5, 5.41) is 3.76. The number of ether oxygens (including phenoxy) is 2. The van der Waals surface area contributed by atoms with Crippen molar-refractivity contribution < 1.29 is 14.3 Å². The van der Waals surface area contributed by atoms with Crippen LogP contribution >= 0.6 is 11.6 Å². The molecule has 4 rings (SSSR count). The van der Waals surface area contributed by atoms with E-state index in [1.54, 1.807) is 0 Å². The summed E-state index contributed by atoms with van der Waals surface area (Å²) in [6.45, 7) is 2.50. The molecule has 2 amide bonds. The molecule has 2 aliphatic rings. The SMILES string of the molecule is O=C(NCCc1cccc(Cl)c1)N1CCCC1c1ccc2c(c1)OCCO2. The van der Waals surface area contributed by atoms with Crippen molar-refractivity contribution in [3.63, 3.8) is 0 Å². The molecular formula is C21H23ClN2O3. The number of hydrogen-bond acceptors (Lipinski definition) is 3. The van der Waals surface area contributed by atoms with Gasteiger partial charge in [-0.3, -0.25) is 0 Å². The number of fused-ring (bicyclic) bond motifs is 1. The van der Waals surface area contributed by atoms with Crippen LogP contribution in [0.25, 0.3) is 0 Å². The quantitative estimate of drug-likeness (QED) is 0.856. The lowest BCUT2D eigenvalue weighted by Crippen LogP contribution is -2.40. The van der Waals surface area contributed by atoms with Gasteiger partial charge in [-0.25, -0.2) is 4.79 Å². The van der Waals surface area contributed by atoms with Crippen molar-refractivity contribution >= 4 is 17.6 Å². The van der Waals surface area contributed by atoms with Gasteiger partial charge < -0.3 is 19.7 Å². The van der Waals surface area contributed by atoms with E-state index in [1.165, 1.54) is 0 Å². The third-order valence-corrected chi connectivity index (χ3v) is 5.28. The topological polar surface area (TPSA) is 50.8 Å². The number of carbonyl (C=O) groups excluding carboxylic acids is 1. The predicted molar refractivity (Wildman–Crippen MR) is 105 cm³/mol. The number of halogens is 1. The van der Waals surface area contributed by atoms with E-state index in [4.69, 9.17) is 21.1 Å². The van der Waals surface area contributed by atoms with Crippen LogP contribution in [0.15, 0.2) is 42.5 Å². The Morgan fingerprint density at radius 1 is 1.15 bits per heavy atom. The van der Waals surface area contributed by atoms with E-state index in [2.05, 4.69) is 5.32 Å². The first-order valence-electron chi connectivity index (χ1n) is 9.39. The minimum absolute atomic E-state index is 0.0191. The highest BCUT2D eigenvalue weighted by Gasteiger charge is 2.30. The Morgan fingerprint density at radius 3 is 2.85 bits per heavy atom. The highest BCUT2D eigenvalue weighted by atomic mass is 35.5. The lowest BCUT2D eigenvalue weighted by Gasteiger charge is -2.27. The average molecular weight is 387 g/mol. The molecule has 0 aromatic heterocycles. The first-order chi connectivity index (χ1) is 13.2. The van der Waals surface area contributed by atoms with Gasteiger partial charge in [-0.05, 0) is 54.7 Å². The van der Waals surface area contributed by atoms with Crippen molar-refractivity contribution in [3.8, 4) is 11.5 Å². The molecular weight excluding hydrogens is 364 g/mol. The molecule has 0 bridgehead atoms. The van der Waals surface area contributed by atoms with Gasteiger partial charge >= 0.3 is 6.03 Å². The van der Waals surface area contributed by atoms with Crippen LogP contribution in [0.5, 0.6) is 11.5 Å². The molecule has 5 nitrogen and oxygen atoms in total. The van der Waals surface area contributed by atoms with E-state index in [1.807, 2.05) is 47.4 Å². The summed E-state index contributed by atoms with van der Waals surface area (Å²) in [4.78, 5) is 14.6. The molecule has 2 aliphatic heterocycles. The minimum atomic E-state index is -0.0191. The fourth-order valence-electron chi connectivity index (χ4n) is 3.73. The molecule has 142 valence electrons. The summed E-state index contributed by atoms with van der Waals surface area (Å²) in [5.74, 6) is 1.55. The first kappa shape index (κ1) is 18.0. The highest BCUT2D eigenvalue weighted by Crippen LogP contribution is 2.38. The maximum absolute atomic E-state index is 12.7. The van der Waals surface area contributed by atoms with E-state index in [0.29, 0.717) is 19.8 Å². The Balaban J connectivity index is 1.38. The van der Waals surface area contributed by atoms with Crippen molar-refractivity contribution in [1.82, 2.24) is 10.2 Å². The Labute approximate surface area is 164 Å². The molecule has 2 heterocycles. The van der Waals surface area contributed by atoms with Gasteiger partial charge in [0.2, 0.25) is 0 Å². The van der Waals surface area contributed by atoms with Crippen molar-refractivity contribution in [2.75, 3.05) is 26.3 Å². The number of likely N-dealkylation sites (tertiary alicyclic amines) is 1. The number of nitrogens with one attached hydrogen (secondary N) is 1. The maximum Gasteiger partial charge on any atom is 0.317 e. The smallest absolute Gasteiger partial charge is 0.317 e. The van der Waals surface area contributed by atoms with Crippen LogP contribution in [0.3, 0.4) is 0 Å². The number of carbonyl (C=O) groups is 1. The van der Waals surface area contributed by atoms with Crippen molar-refractivity contribution in [2.24, 2.45) is 0 Å². The number of amides is 2. The van der Waals surface area contributed by atoms with Crippen molar-refractivity contribution in [1.29, 1.82) is 0 Å². The predicted octanol–water partition coefficient (Wildman–Crippen LogP) is 4.20. The summed E-state index contributed by atoms with van der Waals surface area (Å²) in [5.41, 5.74) is 2.22. The molecule has 6 heteroatoms. The third-order valence-electron chi connectivity index (χ3n) is 5.04. The largest absolute Gasteiger partial charge is 0.486 e. The molecule has 1 N–H and O–H groups in total. The molecule has 2 aromatic carbocycles. The zero-order valence-corrected chi connectivity index (χ0v) is 15.9. The first-order valence-corrected chi connectivity index (χ1v) is 9.77. The van der Waals surface area contributed by atoms with Gasteiger partial charge in [-0.15, -0.1) is 0 Å². The third kappa shape index (κ3) is 4.14. The van der Waals surface area contributed by atoms with Crippen LogP contribution in [0, 0.1) is 0 Å². The summed E-state index contributed by atoms with van der Waals surface area (Å²) < 4.78 is 11.3. The summed E-state index contributed by atoms with van der Waals surface area (Å²) in [6, 6.07) is 13.8. The normalized spacial score (nSPS) is 18.4. The Hall–Kier alpha value is -2.40. The summed E-state index contributed by atoms with van der Waals surface area (Å²) in [7, 11) is 0. The van der Waals surface area contributed by atoms with E-state index in [9.17, 15) is 4.79 Å². The van der Waals surface area contributed by atoms with Crippen LogP contribution in [0.1, 0.15) is 30.0 Å². The molecule has 1 atom stereocenters. The molecule has 0 radical (unpaired) electrons. The van der Waals surface area contributed by atoms with E-state index < -0.39 is 0 Å². The van der Waals surface area contributed by atoms with Gasteiger partial charge in [0.25, 0.3) is 0 Å². The second-order valence-electron chi connectivity index (χ2n) is 6.87. The zero-order chi connectivity index (χ0) is 18.6. The second kappa shape index (κ2) is 8.09. The van der Waals surface area contributed by atoms with Crippen LogP contribution in [0.2, 0.25) is 5.02 Å². The molecule has 27 heavy (non-hydrogen) atoms. The number of nitrogens with zero attached hydrogens (tertiary/aromatic N) is 1. The van der Waals surface area contributed by atoms with E-state index in [0.717, 1.165) is 53.5 Å². The highest BCUT2D eigenvalue weighted by molar-refractivity contribution is 6.30. The second-order valence-corrected chi connectivity index (χ2v) is 7.30. The zero-order valence-electron chi connectivity index (χ0n) is 15.1. The van der Waals surface area contributed by atoms with E-state index >= 15 is 0 Å². The summed E-state index contributed by atoms with van der Waals surface area (Å²) in [6.07, 6.45) is 2.72.